The molecule has 2 atom stereocenters. The molecule has 120 valence electrons. The molecule has 1 fully saturated rings. The van der Waals surface area contributed by atoms with E-state index in [4.69, 9.17) is 0 Å². The van der Waals surface area contributed by atoms with E-state index in [1.54, 1.807) is 0 Å². The number of nitrogens with one attached hydrogen (secondary N) is 3. The van der Waals surface area contributed by atoms with Crippen molar-refractivity contribution < 1.29 is 9.59 Å². The van der Waals surface area contributed by atoms with Crippen molar-refractivity contribution in [1.82, 2.24) is 10.6 Å². The van der Waals surface area contributed by atoms with E-state index in [9.17, 15) is 9.59 Å². The van der Waals surface area contributed by atoms with E-state index < -0.39 is 0 Å². The fourth-order valence-corrected chi connectivity index (χ4v) is 3.06. The monoisotopic (exact) mass is 323 g/mol. The molecule has 2 heterocycles. The summed E-state index contributed by atoms with van der Waals surface area (Å²) in [7, 11) is 0. The van der Waals surface area contributed by atoms with Crippen molar-refractivity contribution in [1.29, 1.82) is 0 Å². The first-order valence-electron chi connectivity index (χ1n) is 7.57. The fraction of sp³-hybridized carbons (Fsp3) is 0.500. The van der Waals surface area contributed by atoms with E-state index in [2.05, 4.69) is 16.0 Å². The zero-order valence-electron chi connectivity index (χ0n) is 12.6. The van der Waals surface area contributed by atoms with Crippen LogP contribution in [0.2, 0.25) is 0 Å². The number of rotatable bonds is 4. The van der Waals surface area contributed by atoms with Gasteiger partial charge in [-0.3, -0.25) is 9.59 Å². The molecule has 1 aromatic rings. The summed E-state index contributed by atoms with van der Waals surface area (Å²) in [5, 5.41) is 9.19. The highest BCUT2D eigenvalue weighted by Gasteiger charge is 2.21. The molecule has 0 radical (unpaired) electrons. The molecule has 0 bridgehead atoms. The Kier molecular flexibility index (Phi) is 5.42. The molecule has 1 aromatic carbocycles. The molecule has 22 heavy (non-hydrogen) atoms. The number of amides is 2. The van der Waals surface area contributed by atoms with Gasteiger partial charge in [-0.05, 0) is 43.5 Å². The second-order valence-electron chi connectivity index (χ2n) is 5.93. The summed E-state index contributed by atoms with van der Waals surface area (Å²) in [6, 6.07) is 6.16. The molecular weight excluding hydrogens is 302 g/mol. The van der Waals surface area contributed by atoms with Gasteiger partial charge in [0.05, 0.1) is 12.5 Å². The lowest BCUT2D eigenvalue weighted by Gasteiger charge is -2.17. The highest BCUT2D eigenvalue weighted by molar-refractivity contribution is 5.99. The molecule has 3 rings (SSSR count). The largest absolute Gasteiger partial charge is 0.350 e. The predicted octanol–water partition coefficient (Wildman–Crippen LogP) is 1.92. The van der Waals surface area contributed by atoms with Crippen LogP contribution in [0.15, 0.2) is 18.2 Å². The van der Waals surface area contributed by atoms with E-state index in [0.717, 1.165) is 36.2 Å². The molecule has 1 saturated heterocycles. The molecule has 2 amide bonds. The third-order valence-electron chi connectivity index (χ3n) is 4.23. The molecule has 3 N–H and O–H groups in total. The Hall–Kier alpha value is -1.59. The first-order chi connectivity index (χ1) is 10.1. The number of hydrogen-bond donors (Lipinski definition) is 3. The van der Waals surface area contributed by atoms with Crippen LogP contribution in [0.5, 0.6) is 0 Å². The Bertz CT molecular complexity index is 571. The van der Waals surface area contributed by atoms with Gasteiger partial charge in [-0.2, -0.15) is 0 Å². The second-order valence-corrected chi connectivity index (χ2v) is 5.93. The van der Waals surface area contributed by atoms with Gasteiger partial charge in [-0.1, -0.05) is 12.1 Å². The van der Waals surface area contributed by atoms with Gasteiger partial charge in [0.1, 0.15) is 0 Å². The maximum Gasteiger partial charge on any atom is 0.228 e. The summed E-state index contributed by atoms with van der Waals surface area (Å²) in [5.74, 6) is 0.114. The SMILES string of the molecule is CC(NC(=O)CC1CCCN1)c1ccc2c(c1)CC(=O)N2.Cl. The Morgan fingerprint density at radius 1 is 1.45 bits per heavy atom. The van der Waals surface area contributed by atoms with E-state index in [1.165, 1.54) is 0 Å². The fourth-order valence-electron chi connectivity index (χ4n) is 3.06. The highest BCUT2D eigenvalue weighted by Crippen LogP contribution is 2.26. The van der Waals surface area contributed by atoms with Crippen LogP contribution in [0.4, 0.5) is 5.69 Å². The number of fused-ring (bicyclic) bond motifs is 1. The summed E-state index contributed by atoms with van der Waals surface area (Å²) in [6.45, 7) is 2.99. The smallest absolute Gasteiger partial charge is 0.228 e. The zero-order chi connectivity index (χ0) is 14.8. The number of halogens is 1. The van der Waals surface area contributed by atoms with Gasteiger partial charge < -0.3 is 16.0 Å². The maximum absolute atomic E-state index is 12.1. The molecule has 0 saturated carbocycles. The molecule has 2 aliphatic rings. The third kappa shape index (κ3) is 3.78. The quantitative estimate of drug-likeness (QED) is 0.793. The third-order valence-corrected chi connectivity index (χ3v) is 4.23. The predicted molar refractivity (Wildman–Crippen MR) is 88.2 cm³/mol. The van der Waals surface area contributed by atoms with Crippen molar-refractivity contribution in [2.45, 2.75) is 44.7 Å². The molecule has 0 spiro atoms. The minimum Gasteiger partial charge on any atom is -0.350 e. The van der Waals surface area contributed by atoms with Crippen LogP contribution in [0.3, 0.4) is 0 Å². The number of benzene rings is 1. The van der Waals surface area contributed by atoms with Crippen LogP contribution >= 0.6 is 12.4 Å². The second kappa shape index (κ2) is 7.11. The minimum absolute atomic E-state index is 0. The van der Waals surface area contributed by atoms with E-state index in [0.29, 0.717) is 18.9 Å². The van der Waals surface area contributed by atoms with Gasteiger partial charge in [0.15, 0.2) is 0 Å². The van der Waals surface area contributed by atoms with Crippen LogP contribution in [-0.2, 0) is 16.0 Å². The summed E-state index contributed by atoms with van der Waals surface area (Å²) in [4.78, 5) is 23.4. The van der Waals surface area contributed by atoms with Crippen molar-refractivity contribution >= 4 is 29.9 Å². The van der Waals surface area contributed by atoms with Crippen LogP contribution in [0.1, 0.15) is 43.4 Å². The van der Waals surface area contributed by atoms with Gasteiger partial charge in [0.2, 0.25) is 11.8 Å². The lowest BCUT2D eigenvalue weighted by molar-refractivity contribution is -0.122. The maximum atomic E-state index is 12.1. The van der Waals surface area contributed by atoms with Crippen molar-refractivity contribution in [3.8, 4) is 0 Å². The van der Waals surface area contributed by atoms with Crippen LogP contribution in [0, 0.1) is 0 Å². The molecule has 0 aromatic heterocycles. The van der Waals surface area contributed by atoms with Gasteiger partial charge in [-0.25, -0.2) is 0 Å². The molecular formula is C16H22ClN3O2. The van der Waals surface area contributed by atoms with Gasteiger partial charge in [-0.15, -0.1) is 12.4 Å². The van der Waals surface area contributed by atoms with Gasteiger partial charge in [0.25, 0.3) is 0 Å². The molecule has 5 nitrogen and oxygen atoms in total. The van der Waals surface area contributed by atoms with Crippen molar-refractivity contribution in [3.05, 3.63) is 29.3 Å². The Morgan fingerprint density at radius 2 is 2.27 bits per heavy atom. The van der Waals surface area contributed by atoms with E-state index in [-0.39, 0.29) is 30.3 Å². The summed E-state index contributed by atoms with van der Waals surface area (Å²) in [5.41, 5.74) is 2.94. The van der Waals surface area contributed by atoms with Crippen LogP contribution in [0.25, 0.3) is 0 Å². The average Bonchev–Trinajstić information content (AvgIpc) is 3.05. The summed E-state index contributed by atoms with van der Waals surface area (Å²) in [6.07, 6.45) is 3.19. The number of anilines is 1. The van der Waals surface area contributed by atoms with Crippen molar-refractivity contribution in [2.24, 2.45) is 0 Å². The Balaban J connectivity index is 0.00000176. The first kappa shape index (κ1) is 16.8. The van der Waals surface area contributed by atoms with Gasteiger partial charge in [0, 0.05) is 18.2 Å². The van der Waals surface area contributed by atoms with E-state index >= 15 is 0 Å². The topological polar surface area (TPSA) is 70.2 Å². The van der Waals surface area contributed by atoms with Crippen molar-refractivity contribution in [3.63, 3.8) is 0 Å². The number of carbonyl (C=O) groups is 2. The highest BCUT2D eigenvalue weighted by atomic mass is 35.5. The molecule has 0 aliphatic carbocycles. The Morgan fingerprint density at radius 3 is 3.00 bits per heavy atom. The minimum atomic E-state index is -0.0418. The lowest BCUT2D eigenvalue weighted by atomic mass is 10.0. The zero-order valence-corrected chi connectivity index (χ0v) is 13.5. The van der Waals surface area contributed by atoms with Crippen LogP contribution < -0.4 is 16.0 Å². The molecule has 6 heteroatoms. The molecule has 2 unspecified atom stereocenters. The van der Waals surface area contributed by atoms with Gasteiger partial charge >= 0.3 is 0 Å². The lowest BCUT2D eigenvalue weighted by Crippen LogP contribution is -2.33. The van der Waals surface area contributed by atoms with E-state index in [1.807, 2.05) is 25.1 Å². The average molecular weight is 324 g/mol. The molecule has 2 aliphatic heterocycles. The standard InChI is InChI=1S/C16H21N3O2.ClH/c1-10(18-16(21)9-13-3-2-6-17-13)11-4-5-14-12(7-11)8-15(20)19-14;/h4-5,7,10,13,17H,2-3,6,8-9H2,1H3,(H,18,21)(H,19,20);1H. The van der Waals surface area contributed by atoms with Crippen LogP contribution in [-0.4, -0.2) is 24.4 Å². The summed E-state index contributed by atoms with van der Waals surface area (Å²) < 4.78 is 0. The van der Waals surface area contributed by atoms with Crippen molar-refractivity contribution in [2.75, 3.05) is 11.9 Å². The Labute approximate surface area is 136 Å². The number of carbonyl (C=O) groups excluding carboxylic acids is 2. The summed E-state index contributed by atoms with van der Waals surface area (Å²) >= 11 is 0. The normalized spacial score (nSPS) is 20.8. The number of hydrogen-bond acceptors (Lipinski definition) is 3. The first-order valence-corrected chi connectivity index (χ1v) is 7.57.